The first-order chi connectivity index (χ1) is 17.9. The number of carbonyl (C=O) groups is 1. The monoisotopic (exact) mass is 535 g/mol. The minimum Gasteiger partial charge on any atom is -0.486 e. The number of anilines is 1. The molecule has 0 fully saturated rings. The minimum absolute atomic E-state index is 0.136. The van der Waals surface area contributed by atoms with Gasteiger partial charge in [0.1, 0.15) is 13.2 Å². The molecule has 3 aromatic carbocycles. The van der Waals surface area contributed by atoms with Gasteiger partial charge in [-0.2, -0.15) is 4.31 Å². The fourth-order valence-corrected chi connectivity index (χ4v) is 6.07. The normalized spacial score (nSPS) is 12.9. The number of hydrogen-bond acceptors (Lipinski definition) is 7. The van der Waals surface area contributed by atoms with Crippen LogP contribution < -0.4 is 14.8 Å². The van der Waals surface area contributed by atoms with E-state index < -0.39 is 10.0 Å². The molecule has 0 atom stereocenters. The van der Waals surface area contributed by atoms with Gasteiger partial charge in [0.2, 0.25) is 10.0 Å². The van der Waals surface area contributed by atoms with E-state index in [-0.39, 0.29) is 17.3 Å². The summed E-state index contributed by atoms with van der Waals surface area (Å²) in [6.07, 6.45) is 0. The van der Waals surface area contributed by atoms with E-state index >= 15 is 0 Å². The molecule has 0 unspecified atom stereocenters. The molecule has 10 heteroatoms. The summed E-state index contributed by atoms with van der Waals surface area (Å²) in [6, 6.07) is 21.0. The van der Waals surface area contributed by atoms with Crippen LogP contribution in [0.25, 0.3) is 11.3 Å². The molecule has 1 aliphatic heterocycles. The van der Waals surface area contributed by atoms with E-state index in [1.165, 1.54) is 39.9 Å². The molecule has 0 radical (unpaired) electrons. The van der Waals surface area contributed by atoms with Crippen LogP contribution in [-0.2, 0) is 16.6 Å². The number of ether oxygens (including phenoxy) is 2. The number of aromatic nitrogens is 1. The van der Waals surface area contributed by atoms with Crippen molar-refractivity contribution < 1.29 is 22.7 Å². The molecule has 0 aliphatic carbocycles. The van der Waals surface area contributed by atoms with E-state index in [4.69, 9.17) is 9.47 Å². The van der Waals surface area contributed by atoms with Gasteiger partial charge in [0.25, 0.3) is 5.91 Å². The van der Waals surface area contributed by atoms with Crippen molar-refractivity contribution in [1.29, 1.82) is 0 Å². The highest BCUT2D eigenvalue weighted by Gasteiger charge is 2.24. The van der Waals surface area contributed by atoms with Crippen LogP contribution in [-0.4, -0.2) is 43.4 Å². The van der Waals surface area contributed by atoms with Gasteiger partial charge in [0.15, 0.2) is 16.6 Å². The lowest BCUT2D eigenvalue weighted by molar-refractivity contribution is 0.102. The molecular formula is C27H25N3O5S2. The van der Waals surface area contributed by atoms with Gasteiger partial charge in [-0.15, -0.1) is 11.3 Å². The zero-order valence-corrected chi connectivity index (χ0v) is 21.7. The lowest BCUT2D eigenvalue weighted by Gasteiger charge is -2.20. The number of nitrogens with one attached hydrogen (secondary N) is 1. The number of fused-ring (bicyclic) bond motifs is 1. The van der Waals surface area contributed by atoms with Crippen LogP contribution in [0.5, 0.6) is 11.5 Å². The Morgan fingerprint density at radius 2 is 1.73 bits per heavy atom. The molecule has 1 aromatic heterocycles. The molecule has 0 spiro atoms. The van der Waals surface area contributed by atoms with E-state index in [2.05, 4.69) is 10.3 Å². The van der Waals surface area contributed by atoms with Crippen molar-refractivity contribution in [3.05, 3.63) is 89.3 Å². The van der Waals surface area contributed by atoms with Crippen molar-refractivity contribution in [2.45, 2.75) is 18.4 Å². The number of benzene rings is 3. The molecule has 190 valence electrons. The fourth-order valence-electron chi connectivity index (χ4n) is 3.92. The van der Waals surface area contributed by atoms with Crippen LogP contribution in [0, 0.1) is 0 Å². The van der Waals surface area contributed by atoms with Crippen LogP contribution in [0.3, 0.4) is 0 Å². The smallest absolute Gasteiger partial charge is 0.257 e. The van der Waals surface area contributed by atoms with Crippen molar-refractivity contribution >= 4 is 32.4 Å². The van der Waals surface area contributed by atoms with Gasteiger partial charge in [0, 0.05) is 29.6 Å². The predicted molar refractivity (Wildman–Crippen MR) is 143 cm³/mol. The molecule has 2 heterocycles. The second-order valence-electron chi connectivity index (χ2n) is 8.29. The summed E-state index contributed by atoms with van der Waals surface area (Å²) in [5.74, 6) is 0.998. The summed E-state index contributed by atoms with van der Waals surface area (Å²) in [5.41, 5.74) is 2.80. The molecular weight excluding hydrogens is 510 g/mol. The van der Waals surface area contributed by atoms with E-state index in [1.807, 2.05) is 53.9 Å². The van der Waals surface area contributed by atoms with Gasteiger partial charge in [0.05, 0.1) is 10.6 Å². The van der Waals surface area contributed by atoms with Gasteiger partial charge in [-0.3, -0.25) is 10.1 Å². The van der Waals surface area contributed by atoms with E-state index in [0.717, 1.165) is 11.1 Å². The maximum atomic E-state index is 13.2. The predicted octanol–water partition coefficient (Wildman–Crippen LogP) is 5.04. The van der Waals surface area contributed by atoms with Crippen molar-refractivity contribution in [2.24, 2.45) is 0 Å². The number of thiazole rings is 1. The van der Waals surface area contributed by atoms with Crippen molar-refractivity contribution in [3.8, 4) is 22.8 Å². The Morgan fingerprint density at radius 1 is 1.00 bits per heavy atom. The Balaban J connectivity index is 1.26. The van der Waals surface area contributed by atoms with E-state index in [9.17, 15) is 13.2 Å². The molecule has 5 rings (SSSR count). The molecule has 8 nitrogen and oxygen atoms in total. The maximum Gasteiger partial charge on any atom is 0.257 e. The third-order valence-electron chi connectivity index (χ3n) is 5.87. The van der Waals surface area contributed by atoms with E-state index in [0.29, 0.717) is 47.6 Å². The molecule has 1 aliphatic rings. The summed E-state index contributed by atoms with van der Waals surface area (Å²) < 4.78 is 38.9. The number of sulfonamides is 1. The quantitative estimate of drug-likeness (QED) is 0.339. The second kappa shape index (κ2) is 10.7. The summed E-state index contributed by atoms with van der Waals surface area (Å²) in [7, 11) is -3.71. The van der Waals surface area contributed by atoms with Crippen LogP contribution >= 0.6 is 11.3 Å². The van der Waals surface area contributed by atoms with Gasteiger partial charge in [-0.05, 0) is 48.0 Å². The molecule has 1 amide bonds. The highest BCUT2D eigenvalue weighted by atomic mass is 32.2. The van der Waals surface area contributed by atoms with E-state index in [1.54, 1.807) is 6.92 Å². The van der Waals surface area contributed by atoms with Crippen molar-refractivity contribution in [2.75, 3.05) is 25.1 Å². The van der Waals surface area contributed by atoms with Crippen LogP contribution in [0.2, 0.25) is 0 Å². The largest absolute Gasteiger partial charge is 0.486 e. The van der Waals surface area contributed by atoms with Gasteiger partial charge < -0.3 is 9.47 Å². The van der Waals surface area contributed by atoms with Gasteiger partial charge in [-0.25, -0.2) is 13.4 Å². The highest BCUT2D eigenvalue weighted by molar-refractivity contribution is 7.89. The summed E-state index contributed by atoms with van der Waals surface area (Å²) >= 11 is 1.30. The molecule has 4 aromatic rings. The van der Waals surface area contributed by atoms with Crippen LogP contribution in [0.1, 0.15) is 22.8 Å². The average molecular weight is 536 g/mol. The Labute approximate surface area is 219 Å². The SMILES string of the molecule is CCN(Cc1ccccc1)S(=O)(=O)c1ccc(C(=O)Nc2nc(-c3ccc4c(c3)OCCO4)cs2)cc1. The highest BCUT2D eigenvalue weighted by Crippen LogP contribution is 2.35. The Hall–Kier alpha value is -3.73. The zero-order chi connectivity index (χ0) is 25.8. The van der Waals surface area contributed by atoms with Gasteiger partial charge in [-0.1, -0.05) is 37.3 Å². The average Bonchev–Trinajstić information content (AvgIpc) is 3.40. The van der Waals surface area contributed by atoms with Crippen molar-refractivity contribution in [3.63, 3.8) is 0 Å². The Bertz CT molecular complexity index is 1500. The minimum atomic E-state index is -3.71. The summed E-state index contributed by atoms with van der Waals surface area (Å²) in [6.45, 7) is 3.43. The molecule has 1 N–H and O–H groups in total. The molecule has 0 saturated carbocycles. The lowest BCUT2D eigenvalue weighted by atomic mass is 10.1. The fraction of sp³-hybridized carbons (Fsp3) is 0.185. The van der Waals surface area contributed by atoms with Crippen molar-refractivity contribution in [1.82, 2.24) is 9.29 Å². The number of amides is 1. The third-order valence-corrected chi connectivity index (χ3v) is 8.56. The lowest BCUT2D eigenvalue weighted by Crippen LogP contribution is -2.30. The first-order valence-corrected chi connectivity index (χ1v) is 14.1. The third kappa shape index (κ3) is 5.51. The number of carbonyl (C=O) groups excluding carboxylic acids is 1. The van der Waals surface area contributed by atoms with Gasteiger partial charge >= 0.3 is 0 Å². The number of rotatable bonds is 8. The second-order valence-corrected chi connectivity index (χ2v) is 11.1. The summed E-state index contributed by atoms with van der Waals surface area (Å²) in [5, 5.41) is 5.07. The maximum absolute atomic E-state index is 13.2. The molecule has 37 heavy (non-hydrogen) atoms. The van der Waals surface area contributed by atoms with Crippen LogP contribution in [0.4, 0.5) is 5.13 Å². The summed E-state index contributed by atoms with van der Waals surface area (Å²) in [4.78, 5) is 17.5. The zero-order valence-electron chi connectivity index (χ0n) is 20.1. The number of nitrogens with zero attached hydrogens (tertiary/aromatic N) is 2. The Kier molecular flexibility index (Phi) is 7.22. The topological polar surface area (TPSA) is 97.8 Å². The van der Waals surface area contributed by atoms with Crippen LogP contribution in [0.15, 0.2) is 83.1 Å². The molecule has 0 bridgehead atoms. The first-order valence-electron chi connectivity index (χ1n) is 11.7. The standard InChI is InChI=1S/C27H25N3O5S2/c1-2-30(17-19-6-4-3-5-7-19)37(32,33)22-11-8-20(9-12-22)26(31)29-27-28-23(18-36-27)21-10-13-24-25(16-21)35-15-14-34-24/h3-13,16,18H,2,14-15,17H2,1H3,(H,28,29,31). The Morgan fingerprint density at radius 3 is 2.46 bits per heavy atom. The first kappa shape index (κ1) is 24.9. The molecule has 0 saturated heterocycles. The number of hydrogen-bond donors (Lipinski definition) is 1.